The van der Waals surface area contributed by atoms with Crippen LogP contribution in [0.2, 0.25) is 0 Å². The molecule has 0 aromatic heterocycles. The molecule has 1 nitrogen and oxygen atoms in total. The second kappa shape index (κ2) is 4.96. The fourth-order valence-electron chi connectivity index (χ4n) is 0.167. The summed E-state index contributed by atoms with van der Waals surface area (Å²) >= 11 is 0. The normalized spacial score (nSPS) is 12.4. The zero-order chi connectivity index (χ0) is 4.99. The van der Waals surface area contributed by atoms with Gasteiger partial charge in [-0.15, -0.1) is 0 Å². The van der Waals surface area contributed by atoms with Gasteiger partial charge >= 0.3 is 0 Å². The van der Waals surface area contributed by atoms with Crippen LogP contribution in [0.15, 0.2) is 0 Å². The molecule has 7 heavy (non-hydrogen) atoms. The Labute approximate surface area is 39.3 Å². The average Bonchev–Trinajstić information content (AvgIpc) is 1.65. The molecule has 0 amide bonds. The van der Waals surface area contributed by atoms with Gasteiger partial charge in [-0.3, -0.25) is 0 Å². The molecule has 0 radical (unpaired) electrons. The SMILES string of the molecule is [CH2-]C(CC)OC.[Rf]. The molecule has 1 atom stereocenters. The molecule has 40 valence electrons. The number of hydrogen-bond donors (Lipinski definition) is 0. The molecular formula is C5H11ORf-. The summed E-state index contributed by atoms with van der Waals surface area (Å²) in [5, 5.41) is 0. The molecule has 0 spiro atoms. The van der Waals surface area contributed by atoms with Crippen LogP contribution in [0.25, 0.3) is 0 Å². The zero-order valence-corrected chi connectivity index (χ0v) is 11.5. The van der Waals surface area contributed by atoms with E-state index in [4.69, 9.17) is 4.74 Å². The van der Waals surface area contributed by atoms with Crippen molar-refractivity contribution < 1.29 is 4.74 Å². The summed E-state index contributed by atoms with van der Waals surface area (Å²) in [5.74, 6) is 0. The second-order valence-corrected chi connectivity index (χ2v) is 1.27. The number of ether oxygens (including phenoxy) is 1. The quantitative estimate of drug-likeness (QED) is 0.679. The molecule has 0 aliphatic carbocycles. The Morgan fingerprint density at radius 1 is 1.71 bits per heavy atom. The van der Waals surface area contributed by atoms with Gasteiger partial charge in [0.25, 0.3) is 0 Å². The van der Waals surface area contributed by atoms with E-state index in [-0.39, 0.29) is 6.10 Å². The van der Waals surface area contributed by atoms with E-state index in [1.807, 2.05) is 6.92 Å². The Kier molecular flexibility index (Phi) is 6.63. The minimum Gasteiger partial charge on any atom is -0.413 e. The second-order valence-electron chi connectivity index (χ2n) is 1.27. The van der Waals surface area contributed by atoms with Gasteiger partial charge in [-0.2, -0.15) is 0 Å². The first-order valence-electron chi connectivity index (χ1n) is 2.17. The van der Waals surface area contributed by atoms with Gasteiger partial charge in [-0.05, 0) is 0 Å². The molecular weight excluding hydrogens is 343 g/mol. The number of rotatable bonds is 2. The minimum atomic E-state index is 0. The van der Waals surface area contributed by atoms with E-state index in [1.54, 1.807) is 7.11 Å². The van der Waals surface area contributed by atoms with Gasteiger partial charge < -0.3 is 11.7 Å². The van der Waals surface area contributed by atoms with Crippen LogP contribution in [0, 0.1) is 6.92 Å². The van der Waals surface area contributed by atoms with Gasteiger partial charge in [0.1, 0.15) is 0 Å². The van der Waals surface area contributed by atoms with Crippen molar-refractivity contribution in [1.82, 2.24) is 0 Å². The molecule has 0 heterocycles. The van der Waals surface area contributed by atoms with E-state index in [1.165, 1.54) is 0 Å². The van der Waals surface area contributed by atoms with Crippen molar-refractivity contribution in [3.63, 3.8) is 0 Å². The van der Waals surface area contributed by atoms with Crippen molar-refractivity contribution in [2.24, 2.45) is 0 Å². The molecule has 0 fully saturated rings. The molecule has 0 saturated carbocycles. The van der Waals surface area contributed by atoms with E-state index >= 15 is 0 Å². The van der Waals surface area contributed by atoms with Gasteiger partial charge in [0.2, 0.25) is 0 Å². The summed E-state index contributed by atoms with van der Waals surface area (Å²) in [6.45, 7) is 5.70. The molecule has 0 N–H and O–H groups in total. The van der Waals surface area contributed by atoms with Crippen molar-refractivity contribution in [2.45, 2.75) is 19.4 Å². The van der Waals surface area contributed by atoms with Crippen molar-refractivity contribution in [1.29, 1.82) is 0 Å². The Hall–Kier alpha value is -1.04. The van der Waals surface area contributed by atoms with Crippen LogP contribution in [-0.4, -0.2) is 13.2 Å². The van der Waals surface area contributed by atoms with Gasteiger partial charge in [-0.1, -0.05) is 19.4 Å². The van der Waals surface area contributed by atoms with Crippen molar-refractivity contribution in [2.75, 3.05) is 7.11 Å². The Bertz CT molecular complexity index is 27.3. The third-order valence-corrected chi connectivity index (χ3v) is 0.789. The van der Waals surface area contributed by atoms with Crippen LogP contribution in [0.4, 0.5) is 0 Å². The van der Waals surface area contributed by atoms with E-state index in [9.17, 15) is 0 Å². The summed E-state index contributed by atoms with van der Waals surface area (Å²) < 4.78 is 4.79. The first-order valence-corrected chi connectivity index (χ1v) is 2.17. The standard InChI is InChI=1S/C5H11O.Rf/c1-4-5(2)6-3;/h5H,2,4H2,1,3H3;/q-1;. The van der Waals surface area contributed by atoms with Crippen molar-refractivity contribution in [3.8, 4) is 0 Å². The number of methoxy groups -OCH3 is 1. The molecule has 0 bridgehead atoms. The largest absolute Gasteiger partial charge is 0.413 e. The minimum absolute atomic E-state index is 0. The summed E-state index contributed by atoms with van der Waals surface area (Å²) in [5.41, 5.74) is 0. The summed E-state index contributed by atoms with van der Waals surface area (Å²) in [4.78, 5) is 0. The maximum Gasteiger partial charge on any atom is 0.0322 e. The topological polar surface area (TPSA) is 9.23 Å². The van der Waals surface area contributed by atoms with Crippen LogP contribution in [-0.2, 0) is 4.74 Å². The maximum atomic E-state index is 4.79. The first kappa shape index (κ1) is 9.35. The predicted octanol–water partition coefficient (Wildman–Crippen LogP) is 1.25. The Balaban J connectivity index is 0. The number of hydrogen-bond acceptors (Lipinski definition) is 1. The van der Waals surface area contributed by atoms with E-state index in [0.29, 0.717) is 0 Å². The molecule has 2 heteroatoms. The molecule has 1 unspecified atom stereocenters. The molecule has 0 rings (SSSR count). The van der Waals surface area contributed by atoms with Gasteiger partial charge in [0, 0.05) is 7.11 Å². The third kappa shape index (κ3) is 4.96. The van der Waals surface area contributed by atoms with Crippen LogP contribution in [0.1, 0.15) is 13.3 Å². The molecule has 0 aliphatic rings. The van der Waals surface area contributed by atoms with Crippen molar-refractivity contribution >= 4 is 0 Å². The molecule has 0 aliphatic heterocycles. The Morgan fingerprint density at radius 3 is 2.14 bits per heavy atom. The zero-order valence-electron chi connectivity index (χ0n) is 5.11. The molecule has 0 saturated heterocycles. The smallest absolute Gasteiger partial charge is 0.0322 e. The van der Waals surface area contributed by atoms with Gasteiger partial charge in [0.15, 0.2) is 0 Å². The molecule has 0 aromatic carbocycles. The predicted molar refractivity (Wildman–Crippen MR) is 26.4 cm³/mol. The Morgan fingerprint density at radius 2 is 2.14 bits per heavy atom. The maximum absolute atomic E-state index is 4.79. The summed E-state index contributed by atoms with van der Waals surface area (Å²) in [6.07, 6.45) is 1.18. The average molecular weight is 354 g/mol. The fourth-order valence-corrected chi connectivity index (χ4v) is 0.167. The molecule has 0 aromatic rings. The summed E-state index contributed by atoms with van der Waals surface area (Å²) in [6, 6.07) is 0. The van der Waals surface area contributed by atoms with Gasteiger partial charge in [-0.25, -0.2) is 0 Å². The van der Waals surface area contributed by atoms with E-state index in [0.717, 1.165) is 6.42 Å². The van der Waals surface area contributed by atoms with E-state index < -0.39 is 0 Å². The van der Waals surface area contributed by atoms with Gasteiger partial charge in [0.05, 0.1) is 0 Å². The van der Waals surface area contributed by atoms with Crippen LogP contribution in [0.3, 0.4) is 0 Å². The van der Waals surface area contributed by atoms with Crippen LogP contribution >= 0.6 is 0 Å². The van der Waals surface area contributed by atoms with Crippen LogP contribution < -0.4 is 0 Å². The van der Waals surface area contributed by atoms with E-state index in [2.05, 4.69) is 6.92 Å². The summed E-state index contributed by atoms with van der Waals surface area (Å²) in [7, 11) is 1.67. The third-order valence-electron chi connectivity index (χ3n) is 0.789. The van der Waals surface area contributed by atoms with Crippen molar-refractivity contribution in [3.05, 3.63) is 6.92 Å². The first-order chi connectivity index (χ1) is 2.81. The fraction of sp³-hybridized carbons (Fsp3) is 0.800. The van der Waals surface area contributed by atoms with Crippen LogP contribution in [0.5, 0.6) is 0 Å². The monoisotopic (exact) mass is 354 g/mol.